The number of aliphatic carboxylic acids is 1. The van der Waals surface area contributed by atoms with Gasteiger partial charge in [-0.15, -0.1) is 0 Å². The largest absolute Gasteiger partial charge is 0.481 e. The number of hydrogen-bond acceptors (Lipinski definition) is 3. The molecule has 0 aliphatic carbocycles. The van der Waals surface area contributed by atoms with Crippen LogP contribution in [0.25, 0.3) is 0 Å². The fourth-order valence-electron chi connectivity index (χ4n) is 1.38. The normalized spacial score (nSPS) is 14.8. The van der Waals surface area contributed by atoms with Gasteiger partial charge in [-0.25, -0.2) is 21.9 Å². The van der Waals surface area contributed by atoms with E-state index in [1.165, 1.54) is 6.92 Å². The highest BCUT2D eigenvalue weighted by Crippen LogP contribution is 2.22. The summed E-state index contributed by atoms with van der Waals surface area (Å²) in [6.45, 7) is 2.58. The molecular formula is C12H15F2NO4S. The first kappa shape index (κ1) is 16.5. The Kier molecular flexibility index (Phi) is 4.82. The van der Waals surface area contributed by atoms with Crippen LogP contribution in [0.4, 0.5) is 8.78 Å². The molecular weight excluding hydrogens is 292 g/mol. The molecule has 5 nitrogen and oxygen atoms in total. The average Bonchev–Trinajstić information content (AvgIpc) is 2.35. The molecule has 0 saturated carbocycles. The van der Waals surface area contributed by atoms with Gasteiger partial charge in [-0.2, -0.15) is 0 Å². The van der Waals surface area contributed by atoms with E-state index in [2.05, 4.69) is 0 Å². The lowest BCUT2D eigenvalue weighted by molar-refractivity contribution is -0.147. The standard InChI is InChI=1S/C12H15F2NO4S/c1-3-12(2,11(16)17)7-15-20(18,19)10-5-4-8(13)6-9(10)14/h4-6,15H,3,7H2,1-2H3,(H,16,17). The van der Waals surface area contributed by atoms with E-state index in [1.54, 1.807) is 6.92 Å². The highest BCUT2D eigenvalue weighted by molar-refractivity contribution is 7.89. The SMILES string of the molecule is CCC(C)(CNS(=O)(=O)c1ccc(F)cc1F)C(=O)O. The molecule has 2 N–H and O–H groups in total. The van der Waals surface area contributed by atoms with Gasteiger partial charge in [-0.1, -0.05) is 6.92 Å². The van der Waals surface area contributed by atoms with E-state index in [1.807, 2.05) is 4.72 Å². The Balaban J connectivity index is 2.99. The number of carboxylic acid groups (broad SMARTS) is 1. The summed E-state index contributed by atoms with van der Waals surface area (Å²) >= 11 is 0. The lowest BCUT2D eigenvalue weighted by Gasteiger charge is -2.23. The summed E-state index contributed by atoms with van der Waals surface area (Å²) in [7, 11) is -4.24. The molecule has 0 radical (unpaired) electrons. The van der Waals surface area contributed by atoms with E-state index in [4.69, 9.17) is 5.11 Å². The minimum atomic E-state index is -4.24. The van der Waals surface area contributed by atoms with Crippen LogP contribution in [0.2, 0.25) is 0 Å². The van der Waals surface area contributed by atoms with Crippen molar-refractivity contribution in [3.8, 4) is 0 Å². The number of carboxylic acids is 1. The van der Waals surface area contributed by atoms with Crippen molar-refractivity contribution in [1.82, 2.24) is 4.72 Å². The Hall–Kier alpha value is -1.54. The van der Waals surface area contributed by atoms with E-state index in [0.29, 0.717) is 6.07 Å². The van der Waals surface area contributed by atoms with Crippen molar-refractivity contribution < 1.29 is 27.1 Å². The topological polar surface area (TPSA) is 83.5 Å². The number of halogens is 2. The third kappa shape index (κ3) is 3.51. The molecule has 1 atom stereocenters. The molecule has 1 aromatic carbocycles. The van der Waals surface area contributed by atoms with Crippen molar-refractivity contribution >= 4 is 16.0 Å². The molecule has 0 fully saturated rings. The molecule has 0 aliphatic rings. The fraction of sp³-hybridized carbons (Fsp3) is 0.417. The van der Waals surface area contributed by atoms with E-state index >= 15 is 0 Å². The number of carbonyl (C=O) groups is 1. The molecule has 0 heterocycles. The molecule has 0 spiro atoms. The van der Waals surface area contributed by atoms with Gasteiger partial charge in [0.2, 0.25) is 10.0 Å². The molecule has 8 heteroatoms. The third-order valence-electron chi connectivity index (χ3n) is 3.13. The summed E-state index contributed by atoms with van der Waals surface area (Å²) in [5.74, 6) is -3.29. The summed E-state index contributed by atoms with van der Waals surface area (Å²) in [4.78, 5) is 10.3. The first-order valence-electron chi connectivity index (χ1n) is 5.80. The molecule has 0 aromatic heterocycles. The molecule has 1 aromatic rings. The number of nitrogens with one attached hydrogen (secondary N) is 1. The van der Waals surface area contributed by atoms with Crippen molar-refractivity contribution in [1.29, 1.82) is 0 Å². The summed E-state index contributed by atoms with van der Waals surface area (Å²) < 4.78 is 52.0. The van der Waals surface area contributed by atoms with Crippen molar-refractivity contribution in [2.45, 2.75) is 25.2 Å². The van der Waals surface area contributed by atoms with Crippen LogP contribution in [-0.2, 0) is 14.8 Å². The molecule has 0 saturated heterocycles. The zero-order chi connectivity index (χ0) is 15.6. The molecule has 0 aliphatic heterocycles. The average molecular weight is 307 g/mol. The summed E-state index contributed by atoms with van der Waals surface area (Å²) in [6.07, 6.45) is 0.191. The molecule has 112 valence electrons. The maximum Gasteiger partial charge on any atom is 0.310 e. The summed E-state index contributed by atoms with van der Waals surface area (Å²) in [5, 5.41) is 9.03. The van der Waals surface area contributed by atoms with Gasteiger partial charge in [0.15, 0.2) is 0 Å². The minimum Gasteiger partial charge on any atom is -0.481 e. The molecule has 1 unspecified atom stereocenters. The molecule has 0 bridgehead atoms. The highest BCUT2D eigenvalue weighted by atomic mass is 32.2. The van der Waals surface area contributed by atoms with Crippen LogP contribution in [0.5, 0.6) is 0 Å². The van der Waals surface area contributed by atoms with Crippen LogP contribution in [0.3, 0.4) is 0 Å². The van der Waals surface area contributed by atoms with Crippen molar-refractivity contribution in [2.75, 3.05) is 6.54 Å². The Bertz CT molecular complexity index is 618. The predicted octanol–water partition coefficient (Wildman–Crippen LogP) is 1.74. The predicted molar refractivity (Wildman–Crippen MR) is 67.6 cm³/mol. The van der Waals surface area contributed by atoms with Gasteiger partial charge < -0.3 is 5.11 Å². The van der Waals surface area contributed by atoms with E-state index < -0.39 is 44.5 Å². The van der Waals surface area contributed by atoms with Gasteiger partial charge in [0.1, 0.15) is 16.5 Å². The smallest absolute Gasteiger partial charge is 0.310 e. The lowest BCUT2D eigenvalue weighted by atomic mass is 9.88. The Morgan fingerprint density at radius 3 is 2.45 bits per heavy atom. The second-order valence-electron chi connectivity index (χ2n) is 4.62. The first-order valence-corrected chi connectivity index (χ1v) is 7.29. The monoisotopic (exact) mass is 307 g/mol. The van der Waals surface area contributed by atoms with Gasteiger partial charge in [0, 0.05) is 12.6 Å². The number of sulfonamides is 1. The molecule has 0 amide bonds. The van der Waals surface area contributed by atoms with Crippen molar-refractivity contribution in [3.05, 3.63) is 29.8 Å². The number of benzene rings is 1. The zero-order valence-electron chi connectivity index (χ0n) is 11.0. The Morgan fingerprint density at radius 1 is 1.40 bits per heavy atom. The Labute approximate surface area is 115 Å². The van der Waals surface area contributed by atoms with E-state index in [-0.39, 0.29) is 6.42 Å². The summed E-state index contributed by atoms with van der Waals surface area (Å²) in [5.41, 5.74) is -1.30. The van der Waals surface area contributed by atoms with Crippen LogP contribution >= 0.6 is 0 Å². The van der Waals surface area contributed by atoms with Crippen molar-refractivity contribution in [3.63, 3.8) is 0 Å². The van der Waals surface area contributed by atoms with Crippen LogP contribution in [0, 0.1) is 17.0 Å². The van der Waals surface area contributed by atoms with Gasteiger partial charge in [-0.3, -0.25) is 4.79 Å². The van der Waals surface area contributed by atoms with Crippen LogP contribution < -0.4 is 4.72 Å². The van der Waals surface area contributed by atoms with Gasteiger partial charge in [-0.05, 0) is 25.5 Å². The fourth-order valence-corrected chi connectivity index (χ4v) is 2.60. The lowest BCUT2D eigenvalue weighted by Crippen LogP contribution is -2.40. The van der Waals surface area contributed by atoms with Gasteiger partial charge in [0.05, 0.1) is 5.41 Å². The number of rotatable bonds is 6. The second kappa shape index (κ2) is 5.84. The molecule has 1 rings (SSSR count). The maximum atomic E-state index is 13.4. The highest BCUT2D eigenvalue weighted by Gasteiger charge is 2.33. The quantitative estimate of drug-likeness (QED) is 0.838. The number of hydrogen-bond donors (Lipinski definition) is 2. The van der Waals surface area contributed by atoms with Gasteiger partial charge in [0.25, 0.3) is 0 Å². The summed E-state index contributed by atoms with van der Waals surface area (Å²) in [6, 6.07) is 2.05. The van der Waals surface area contributed by atoms with Gasteiger partial charge >= 0.3 is 5.97 Å². The Morgan fingerprint density at radius 2 is 2.00 bits per heavy atom. The van der Waals surface area contributed by atoms with Crippen LogP contribution in [-0.4, -0.2) is 26.0 Å². The van der Waals surface area contributed by atoms with E-state index in [9.17, 15) is 22.0 Å². The minimum absolute atomic E-state index is 0.191. The zero-order valence-corrected chi connectivity index (χ0v) is 11.8. The van der Waals surface area contributed by atoms with Crippen LogP contribution in [0.15, 0.2) is 23.1 Å². The van der Waals surface area contributed by atoms with Crippen LogP contribution in [0.1, 0.15) is 20.3 Å². The van der Waals surface area contributed by atoms with Crippen molar-refractivity contribution in [2.24, 2.45) is 5.41 Å². The second-order valence-corrected chi connectivity index (χ2v) is 6.35. The first-order chi connectivity index (χ1) is 9.12. The maximum absolute atomic E-state index is 13.4. The third-order valence-corrected chi connectivity index (χ3v) is 4.57. The van der Waals surface area contributed by atoms with E-state index in [0.717, 1.165) is 12.1 Å². The molecule has 20 heavy (non-hydrogen) atoms.